The quantitative estimate of drug-likeness (QED) is 0.457. The van der Waals surface area contributed by atoms with Gasteiger partial charge in [-0.1, -0.05) is 54.6 Å². The number of unbranched alkanes of at least 4 members (excludes halogenated alkanes) is 1. The second-order valence-electron chi connectivity index (χ2n) is 7.32. The molecule has 3 nitrogen and oxygen atoms in total. The van der Waals surface area contributed by atoms with Crippen molar-refractivity contribution >= 4 is 5.78 Å². The fourth-order valence-corrected chi connectivity index (χ4v) is 3.73. The smallest absolute Gasteiger partial charge is 0.162 e. The Hall–Kier alpha value is -1.97. The van der Waals surface area contributed by atoms with E-state index in [1.165, 1.54) is 17.5 Å². The van der Waals surface area contributed by atoms with Gasteiger partial charge in [-0.15, -0.1) is 0 Å². The summed E-state index contributed by atoms with van der Waals surface area (Å²) in [7, 11) is 0. The Morgan fingerprint density at radius 2 is 1.44 bits per heavy atom. The molecule has 0 atom stereocenters. The van der Waals surface area contributed by atoms with Crippen LogP contribution in [0, 0.1) is 0 Å². The molecule has 2 aromatic carbocycles. The molecule has 3 heteroatoms. The first-order valence-corrected chi connectivity index (χ1v) is 10.3. The lowest BCUT2D eigenvalue weighted by atomic mass is 9.97. The third-order valence-corrected chi connectivity index (χ3v) is 5.34. The van der Waals surface area contributed by atoms with Gasteiger partial charge in [0.05, 0.1) is 13.2 Å². The lowest BCUT2D eigenvalue weighted by Gasteiger charge is -2.26. The van der Waals surface area contributed by atoms with Crippen LogP contribution in [0.5, 0.6) is 0 Å². The van der Waals surface area contributed by atoms with Crippen molar-refractivity contribution in [2.75, 3.05) is 32.8 Å². The van der Waals surface area contributed by atoms with Crippen LogP contribution in [0.25, 0.3) is 0 Å². The highest BCUT2D eigenvalue weighted by atomic mass is 16.5. The molecule has 0 radical (unpaired) electrons. The minimum atomic E-state index is 0.259. The first-order chi connectivity index (χ1) is 13.3. The number of hydrogen-bond donors (Lipinski definition) is 0. The minimum absolute atomic E-state index is 0.259. The third-order valence-electron chi connectivity index (χ3n) is 5.34. The summed E-state index contributed by atoms with van der Waals surface area (Å²) in [5, 5.41) is 0. The lowest BCUT2D eigenvalue weighted by Crippen LogP contribution is -2.36. The minimum Gasteiger partial charge on any atom is -0.379 e. The van der Waals surface area contributed by atoms with Crippen LogP contribution in [0.2, 0.25) is 0 Å². The first kappa shape index (κ1) is 19.8. The van der Waals surface area contributed by atoms with Gasteiger partial charge in [-0.25, -0.2) is 0 Å². The summed E-state index contributed by atoms with van der Waals surface area (Å²) in [5.41, 5.74) is 3.76. The highest BCUT2D eigenvalue weighted by Gasteiger charge is 2.10. The number of nitrogens with zero attached hydrogens (tertiary/aromatic N) is 1. The molecule has 1 aliphatic heterocycles. The molecule has 0 spiro atoms. The van der Waals surface area contributed by atoms with E-state index in [1.54, 1.807) is 0 Å². The third kappa shape index (κ3) is 6.60. The Kier molecular flexibility index (Phi) is 8.06. The van der Waals surface area contributed by atoms with Crippen molar-refractivity contribution in [3.63, 3.8) is 0 Å². The van der Waals surface area contributed by atoms with E-state index < -0.39 is 0 Å². The summed E-state index contributed by atoms with van der Waals surface area (Å²) in [6.45, 7) is 5.04. The number of benzene rings is 2. The summed E-state index contributed by atoms with van der Waals surface area (Å²) in [5.74, 6) is 0.259. The van der Waals surface area contributed by atoms with E-state index in [4.69, 9.17) is 4.74 Å². The average molecular weight is 366 g/mol. The topological polar surface area (TPSA) is 29.5 Å². The van der Waals surface area contributed by atoms with Gasteiger partial charge in [0.2, 0.25) is 0 Å². The molecule has 144 valence electrons. The van der Waals surface area contributed by atoms with Gasteiger partial charge in [-0.3, -0.25) is 9.69 Å². The van der Waals surface area contributed by atoms with Crippen molar-refractivity contribution in [2.45, 2.75) is 38.5 Å². The van der Waals surface area contributed by atoms with Crippen LogP contribution < -0.4 is 0 Å². The summed E-state index contributed by atoms with van der Waals surface area (Å²) in [4.78, 5) is 14.7. The van der Waals surface area contributed by atoms with Crippen molar-refractivity contribution in [3.05, 3.63) is 71.3 Å². The van der Waals surface area contributed by atoms with Crippen molar-refractivity contribution < 1.29 is 9.53 Å². The molecular formula is C24H31NO2. The molecule has 27 heavy (non-hydrogen) atoms. The van der Waals surface area contributed by atoms with E-state index in [1.807, 2.05) is 30.3 Å². The second-order valence-corrected chi connectivity index (χ2v) is 7.32. The van der Waals surface area contributed by atoms with Crippen LogP contribution in [0.15, 0.2) is 54.6 Å². The molecule has 0 bridgehead atoms. The van der Waals surface area contributed by atoms with Gasteiger partial charge in [0, 0.05) is 25.1 Å². The molecule has 0 saturated carbocycles. The molecule has 1 aliphatic rings. The number of rotatable bonds is 10. The molecule has 0 aliphatic carbocycles. The van der Waals surface area contributed by atoms with Crippen LogP contribution >= 0.6 is 0 Å². The van der Waals surface area contributed by atoms with Crippen molar-refractivity contribution in [1.29, 1.82) is 0 Å². The number of ketones is 1. The molecule has 1 heterocycles. The van der Waals surface area contributed by atoms with Crippen LogP contribution in [0.3, 0.4) is 0 Å². The van der Waals surface area contributed by atoms with Crippen LogP contribution in [-0.4, -0.2) is 43.5 Å². The molecule has 1 fully saturated rings. The Morgan fingerprint density at radius 1 is 0.815 bits per heavy atom. The number of carbonyl (C=O) groups excluding carboxylic acids is 1. The number of morpholine rings is 1. The van der Waals surface area contributed by atoms with Crippen molar-refractivity contribution in [3.8, 4) is 0 Å². The highest BCUT2D eigenvalue weighted by Crippen LogP contribution is 2.16. The fraction of sp³-hybridized carbons (Fsp3) is 0.458. The first-order valence-electron chi connectivity index (χ1n) is 10.3. The van der Waals surface area contributed by atoms with Gasteiger partial charge in [0.1, 0.15) is 0 Å². The van der Waals surface area contributed by atoms with Crippen LogP contribution in [0.4, 0.5) is 0 Å². The molecule has 2 aromatic rings. The zero-order chi connectivity index (χ0) is 18.7. The highest BCUT2D eigenvalue weighted by molar-refractivity contribution is 5.95. The zero-order valence-electron chi connectivity index (χ0n) is 16.2. The second kappa shape index (κ2) is 11.0. The lowest BCUT2D eigenvalue weighted by molar-refractivity contribution is 0.0374. The Labute approximate surface area is 163 Å². The zero-order valence-corrected chi connectivity index (χ0v) is 16.2. The van der Waals surface area contributed by atoms with Crippen molar-refractivity contribution in [2.24, 2.45) is 0 Å². The van der Waals surface area contributed by atoms with E-state index in [0.29, 0.717) is 6.42 Å². The van der Waals surface area contributed by atoms with Gasteiger partial charge >= 0.3 is 0 Å². The maximum absolute atomic E-state index is 12.2. The molecule has 0 unspecified atom stereocenters. The van der Waals surface area contributed by atoms with E-state index in [9.17, 15) is 4.79 Å². The molecular weight excluding hydrogens is 334 g/mol. The monoisotopic (exact) mass is 365 g/mol. The van der Waals surface area contributed by atoms with Gasteiger partial charge in [-0.05, 0) is 49.8 Å². The largest absolute Gasteiger partial charge is 0.379 e. The number of Topliss-reactive ketones (excluding diaryl/α,β-unsaturated/α-hetero) is 1. The predicted molar refractivity (Wildman–Crippen MR) is 110 cm³/mol. The van der Waals surface area contributed by atoms with E-state index in [2.05, 4.69) is 29.2 Å². The SMILES string of the molecule is O=C(CCCCc1ccccc1CCCN1CCOCC1)c1ccccc1. The predicted octanol–water partition coefficient (Wildman–Crippen LogP) is 4.55. The summed E-state index contributed by atoms with van der Waals surface area (Å²) < 4.78 is 5.42. The summed E-state index contributed by atoms with van der Waals surface area (Å²) >= 11 is 0. The molecule has 1 saturated heterocycles. The normalized spacial score (nSPS) is 15.0. The van der Waals surface area contributed by atoms with Gasteiger partial charge in [0.15, 0.2) is 5.78 Å². The standard InChI is InChI=1S/C24H31NO2/c26-24(23-12-2-1-3-13-23)15-7-6-11-21-9-4-5-10-22(21)14-8-16-25-17-19-27-20-18-25/h1-5,9-10,12-13H,6-8,11,14-20H2. The van der Waals surface area contributed by atoms with E-state index in [-0.39, 0.29) is 5.78 Å². The van der Waals surface area contributed by atoms with Gasteiger partial charge in [-0.2, -0.15) is 0 Å². The molecule has 0 N–H and O–H groups in total. The van der Waals surface area contributed by atoms with Gasteiger partial charge in [0.25, 0.3) is 0 Å². The maximum atomic E-state index is 12.2. The average Bonchev–Trinajstić information content (AvgIpc) is 2.73. The Bertz CT molecular complexity index is 693. The Balaban J connectivity index is 1.40. The summed E-state index contributed by atoms with van der Waals surface area (Å²) in [6, 6.07) is 18.4. The van der Waals surface area contributed by atoms with Crippen LogP contribution in [0.1, 0.15) is 47.2 Å². The fourth-order valence-electron chi connectivity index (χ4n) is 3.73. The molecule has 0 amide bonds. The van der Waals surface area contributed by atoms with Crippen LogP contribution in [-0.2, 0) is 17.6 Å². The summed E-state index contributed by atoms with van der Waals surface area (Å²) in [6.07, 6.45) is 6.06. The number of carbonyl (C=O) groups is 1. The molecule has 3 rings (SSSR count). The van der Waals surface area contributed by atoms with E-state index in [0.717, 1.165) is 64.1 Å². The maximum Gasteiger partial charge on any atom is 0.162 e. The van der Waals surface area contributed by atoms with Crippen molar-refractivity contribution in [1.82, 2.24) is 4.90 Å². The number of aryl methyl sites for hydroxylation is 2. The number of ether oxygens (including phenoxy) is 1. The van der Waals surface area contributed by atoms with E-state index >= 15 is 0 Å². The van der Waals surface area contributed by atoms with Gasteiger partial charge < -0.3 is 4.74 Å². The Morgan fingerprint density at radius 3 is 2.15 bits per heavy atom. The number of hydrogen-bond acceptors (Lipinski definition) is 3. The molecule has 0 aromatic heterocycles.